The van der Waals surface area contributed by atoms with Gasteiger partial charge in [0.1, 0.15) is 9.52 Å². The van der Waals surface area contributed by atoms with Crippen LogP contribution in [-0.4, -0.2) is 9.52 Å². The molecular weight excluding hydrogens is 78.1 g/mol. The van der Waals surface area contributed by atoms with Crippen molar-refractivity contribution in [1.82, 2.24) is 0 Å². The van der Waals surface area contributed by atoms with E-state index in [0.717, 1.165) is 6.04 Å². The third kappa shape index (κ3) is 3.71. The Labute approximate surface area is 34.4 Å². The molecule has 0 atom stereocenters. The molecule has 0 saturated carbocycles. The van der Waals surface area contributed by atoms with Crippen molar-refractivity contribution >= 4 is 9.52 Å². The van der Waals surface area contributed by atoms with Crippen LogP contribution in [0.15, 0.2) is 0 Å². The smallest absolute Gasteiger partial charge is 0.142 e. The average molecular weight is 85.2 g/mol. The first kappa shape index (κ1) is 4.71. The minimum absolute atomic E-state index is 0.262. The quantitative estimate of drug-likeness (QED) is 0.413. The van der Waals surface area contributed by atoms with Gasteiger partial charge in [0.05, 0.1) is 0 Å². The fourth-order valence-electron chi connectivity index (χ4n) is 0.112. The molecule has 0 aromatic rings. The van der Waals surface area contributed by atoms with E-state index in [2.05, 4.69) is 12.6 Å². The number of rotatable bonds is 1. The Balaban J connectivity index is 2.48. The molecule has 0 aliphatic carbocycles. The second-order valence-corrected chi connectivity index (χ2v) is 2.72. The van der Waals surface area contributed by atoms with Crippen LogP contribution in [0, 0.1) is 11.0 Å². The summed E-state index contributed by atoms with van der Waals surface area (Å²) < 4.78 is 0. The third-order valence-corrected chi connectivity index (χ3v) is 1.09. The molecule has 0 N–H and O–H groups in total. The van der Waals surface area contributed by atoms with Gasteiger partial charge >= 0.3 is 0 Å². The molecule has 0 aliphatic heterocycles. The first-order valence-corrected chi connectivity index (χ1v) is 3.49. The van der Waals surface area contributed by atoms with E-state index in [1.54, 1.807) is 0 Å². The van der Waals surface area contributed by atoms with E-state index in [1.807, 2.05) is 0 Å². The zero-order valence-electron chi connectivity index (χ0n) is 3.36. The zero-order valence-corrected chi connectivity index (χ0v) is 4.78. The lowest BCUT2D eigenvalue weighted by molar-refractivity contribution is 1.45. The highest BCUT2D eigenvalue weighted by atomic mass is 28.2. The van der Waals surface area contributed by atoms with Crippen molar-refractivity contribution in [3.05, 3.63) is 0 Å². The largest absolute Gasteiger partial charge is 0.208 e. The van der Waals surface area contributed by atoms with Crippen LogP contribution < -0.4 is 0 Å². The minimum Gasteiger partial charge on any atom is -0.208 e. The van der Waals surface area contributed by atoms with Crippen LogP contribution in [-0.2, 0) is 0 Å². The number of hydrogen-bond acceptors (Lipinski definition) is 1. The van der Waals surface area contributed by atoms with Gasteiger partial charge in [0.25, 0.3) is 0 Å². The van der Waals surface area contributed by atoms with Gasteiger partial charge in [-0.15, -0.1) is 0 Å². The molecule has 0 saturated heterocycles. The Hall–Kier alpha value is -0.293. The Morgan fingerprint density at radius 1 is 2.00 bits per heavy atom. The number of hydrogen-bond donors (Lipinski definition) is 0. The molecule has 0 rings (SSSR count). The maximum atomic E-state index is 7.88. The Kier molecular flexibility index (Phi) is 3.49. The summed E-state index contributed by atoms with van der Waals surface area (Å²) in [5.41, 5.74) is 2.16. The summed E-state index contributed by atoms with van der Waals surface area (Å²) in [5, 5.41) is 7.88. The monoisotopic (exact) mass is 85.0 g/mol. The summed E-state index contributed by atoms with van der Waals surface area (Å²) in [4.78, 5) is 0. The van der Waals surface area contributed by atoms with Crippen molar-refractivity contribution in [1.29, 1.82) is 5.26 Å². The normalized spacial score (nSPS) is 8.80. The molecule has 0 fully saturated rings. The molecule has 0 aromatic carbocycles. The van der Waals surface area contributed by atoms with Crippen molar-refractivity contribution < 1.29 is 0 Å². The van der Waals surface area contributed by atoms with Crippen LogP contribution in [0.2, 0.25) is 6.04 Å². The van der Waals surface area contributed by atoms with E-state index in [1.165, 1.54) is 0 Å². The average Bonchev–Trinajstić information content (AvgIpc) is 1.41. The van der Waals surface area contributed by atoms with Gasteiger partial charge in [-0.2, -0.15) is 0 Å². The van der Waals surface area contributed by atoms with E-state index in [9.17, 15) is 0 Å². The summed E-state index contributed by atoms with van der Waals surface area (Å²) in [7, 11) is -0.262. The van der Waals surface area contributed by atoms with Crippen molar-refractivity contribution in [2.24, 2.45) is 0 Å². The lowest BCUT2D eigenvalue weighted by Gasteiger charge is -1.63. The first-order valence-electron chi connectivity index (χ1n) is 1.78. The second-order valence-electron chi connectivity index (χ2n) is 0.908. The maximum absolute atomic E-state index is 7.88. The molecule has 0 unspecified atom stereocenters. The maximum Gasteiger partial charge on any atom is 0.142 e. The lowest BCUT2D eigenvalue weighted by atomic mass is 11.0. The fourth-order valence-corrected chi connectivity index (χ4v) is 0.335. The molecule has 0 aliphatic rings. The molecular formula is C3H7NSi. The van der Waals surface area contributed by atoms with Crippen molar-refractivity contribution in [3.8, 4) is 5.69 Å². The van der Waals surface area contributed by atoms with Crippen molar-refractivity contribution in [2.75, 3.05) is 0 Å². The van der Waals surface area contributed by atoms with Gasteiger partial charge in [-0.25, -0.2) is 5.26 Å². The van der Waals surface area contributed by atoms with Crippen LogP contribution >= 0.6 is 0 Å². The number of nitriles is 1. The predicted octanol–water partition coefficient (Wildman–Crippen LogP) is 0.0745. The van der Waals surface area contributed by atoms with E-state index < -0.39 is 0 Å². The van der Waals surface area contributed by atoms with E-state index in [-0.39, 0.29) is 9.52 Å². The summed E-state index contributed by atoms with van der Waals surface area (Å²) in [5.74, 6) is 0. The van der Waals surface area contributed by atoms with Gasteiger partial charge in [-0.05, 0) is 0 Å². The molecule has 0 bridgehead atoms. The standard InChI is InChI=1S/C3H7NSi/c1-2-5-3-4/h2,5H2,1H3. The summed E-state index contributed by atoms with van der Waals surface area (Å²) in [6, 6.07) is 1.12. The Morgan fingerprint density at radius 2 is 2.60 bits per heavy atom. The highest BCUT2D eigenvalue weighted by molar-refractivity contribution is 6.44. The summed E-state index contributed by atoms with van der Waals surface area (Å²) in [6.45, 7) is 2.05. The van der Waals surface area contributed by atoms with Gasteiger partial charge in [0, 0.05) is 5.69 Å². The first-order chi connectivity index (χ1) is 2.41. The topological polar surface area (TPSA) is 23.8 Å². The van der Waals surface area contributed by atoms with Crippen molar-refractivity contribution in [2.45, 2.75) is 13.0 Å². The van der Waals surface area contributed by atoms with Gasteiger partial charge in [-0.1, -0.05) is 13.0 Å². The fraction of sp³-hybridized carbons (Fsp3) is 0.667. The molecule has 0 aromatic heterocycles. The molecule has 28 valence electrons. The minimum atomic E-state index is -0.262. The molecule has 1 nitrogen and oxygen atoms in total. The highest BCUT2D eigenvalue weighted by Gasteiger charge is 1.68. The van der Waals surface area contributed by atoms with Gasteiger partial charge in [-0.3, -0.25) is 0 Å². The van der Waals surface area contributed by atoms with Crippen LogP contribution in [0.1, 0.15) is 6.92 Å². The highest BCUT2D eigenvalue weighted by Crippen LogP contribution is 1.64. The summed E-state index contributed by atoms with van der Waals surface area (Å²) >= 11 is 0. The Bertz CT molecular complexity index is 45.3. The zero-order chi connectivity index (χ0) is 4.12. The van der Waals surface area contributed by atoms with Crippen LogP contribution in [0.5, 0.6) is 0 Å². The van der Waals surface area contributed by atoms with E-state index in [0.29, 0.717) is 0 Å². The molecule has 0 spiro atoms. The number of nitrogens with zero attached hydrogens (tertiary/aromatic N) is 1. The Morgan fingerprint density at radius 3 is 2.60 bits per heavy atom. The van der Waals surface area contributed by atoms with Gasteiger partial charge in [0.2, 0.25) is 0 Å². The predicted molar refractivity (Wildman–Crippen MR) is 24.6 cm³/mol. The molecule has 5 heavy (non-hydrogen) atoms. The van der Waals surface area contributed by atoms with E-state index in [4.69, 9.17) is 5.26 Å². The second kappa shape index (κ2) is 3.71. The van der Waals surface area contributed by atoms with Crippen LogP contribution in [0.3, 0.4) is 0 Å². The molecule has 2 heteroatoms. The SMILES string of the molecule is CC[SiH2]C#N. The molecule has 0 radical (unpaired) electrons. The molecule has 0 amide bonds. The lowest BCUT2D eigenvalue weighted by Crippen LogP contribution is -1.73. The molecule has 0 heterocycles. The van der Waals surface area contributed by atoms with Gasteiger partial charge in [0.15, 0.2) is 0 Å². The van der Waals surface area contributed by atoms with Crippen LogP contribution in [0.25, 0.3) is 0 Å². The van der Waals surface area contributed by atoms with Crippen LogP contribution in [0.4, 0.5) is 0 Å². The third-order valence-electron chi connectivity index (χ3n) is 0.362. The van der Waals surface area contributed by atoms with E-state index >= 15 is 0 Å². The van der Waals surface area contributed by atoms with Crippen molar-refractivity contribution in [3.63, 3.8) is 0 Å². The van der Waals surface area contributed by atoms with Gasteiger partial charge < -0.3 is 0 Å². The summed E-state index contributed by atoms with van der Waals surface area (Å²) in [6.07, 6.45) is 0.